The molecule has 1 aliphatic rings. The third-order valence-electron chi connectivity index (χ3n) is 3.49. The van der Waals surface area contributed by atoms with E-state index in [1.165, 1.54) is 0 Å². The molecular formula is C15H14O3. The second-order valence-corrected chi connectivity index (χ2v) is 4.53. The van der Waals surface area contributed by atoms with Gasteiger partial charge in [-0.05, 0) is 19.1 Å². The summed E-state index contributed by atoms with van der Waals surface area (Å²) in [5, 5.41) is 20.0. The van der Waals surface area contributed by atoms with Gasteiger partial charge in [0.1, 0.15) is 11.5 Å². The smallest absolute Gasteiger partial charge is 0.152 e. The molecule has 1 unspecified atom stereocenters. The Bertz CT molecular complexity index is 546. The molecule has 3 heteroatoms. The van der Waals surface area contributed by atoms with Gasteiger partial charge in [-0.2, -0.15) is 0 Å². The molecule has 1 aliphatic heterocycles. The molecule has 2 N–H and O–H groups in total. The van der Waals surface area contributed by atoms with E-state index >= 15 is 0 Å². The van der Waals surface area contributed by atoms with Crippen LogP contribution in [-0.2, 0) is 10.3 Å². The molecule has 18 heavy (non-hydrogen) atoms. The van der Waals surface area contributed by atoms with E-state index < -0.39 is 5.60 Å². The molecule has 3 nitrogen and oxygen atoms in total. The van der Waals surface area contributed by atoms with Gasteiger partial charge in [-0.1, -0.05) is 36.4 Å². The van der Waals surface area contributed by atoms with Gasteiger partial charge < -0.3 is 14.9 Å². The molecule has 2 aromatic carbocycles. The number of para-hydroxylation sites is 2. The van der Waals surface area contributed by atoms with Crippen molar-refractivity contribution in [3.63, 3.8) is 0 Å². The van der Waals surface area contributed by atoms with Gasteiger partial charge in [0, 0.05) is 11.1 Å². The monoisotopic (exact) mass is 242 g/mol. The van der Waals surface area contributed by atoms with Crippen LogP contribution in [0, 0.1) is 0 Å². The Hall–Kier alpha value is -2.00. The lowest BCUT2D eigenvalue weighted by molar-refractivity contribution is 0.318. The zero-order chi connectivity index (χ0) is 12.8. The van der Waals surface area contributed by atoms with Crippen molar-refractivity contribution in [1.82, 2.24) is 0 Å². The highest BCUT2D eigenvalue weighted by atomic mass is 16.6. The molecule has 92 valence electrons. The molecule has 0 aliphatic carbocycles. The predicted molar refractivity (Wildman–Crippen MR) is 67.5 cm³/mol. The van der Waals surface area contributed by atoms with Crippen LogP contribution in [0.15, 0.2) is 48.5 Å². The molecule has 1 atom stereocenters. The van der Waals surface area contributed by atoms with Crippen LogP contribution in [0.4, 0.5) is 0 Å². The lowest BCUT2D eigenvalue weighted by atomic mass is 9.87. The van der Waals surface area contributed by atoms with E-state index in [1.54, 1.807) is 24.3 Å². The van der Waals surface area contributed by atoms with Crippen molar-refractivity contribution in [1.29, 1.82) is 0 Å². The summed E-state index contributed by atoms with van der Waals surface area (Å²) < 4.78 is 5.72. The van der Waals surface area contributed by atoms with Gasteiger partial charge in [0.2, 0.25) is 0 Å². The van der Waals surface area contributed by atoms with Gasteiger partial charge in [0.25, 0.3) is 0 Å². The Morgan fingerprint density at radius 2 is 1.28 bits per heavy atom. The van der Waals surface area contributed by atoms with Crippen molar-refractivity contribution >= 4 is 0 Å². The standard InChI is InChI=1S/C15H14O3/c1-10-15(18-10,11-6-2-4-8-13(11)16)12-7-3-5-9-14(12)17/h2-10,16-17H,1H3. The van der Waals surface area contributed by atoms with Crippen molar-refractivity contribution in [3.05, 3.63) is 59.7 Å². The maximum Gasteiger partial charge on any atom is 0.152 e. The predicted octanol–water partition coefficient (Wildman–Crippen LogP) is 2.76. The third kappa shape index (κ3) is 1.41. The fourth-order valence-electron chi connectivity index (χ4n) is 2.53. The summed E-state index contributed by atoms with van der Waals surface area (Å²) in [7, 11) is 0. The van der Waals surface area contributed by atoms with E-state index in [9.17, 15) is 10.2 Å². The molecule has 0 spiro atoms. The van der Waals surface area contributed by atoms with Crippen molar-refractivity contribution in [3.8, 4) is 11.5 Å². The van der Waals surface area contributed by atoms with Crippen LogP contribution in [0.25, 0.3) is 0 Å². The zero-order valence-electron chi connectivity index (χ0n) is 10.00. The number of hydrogen-bond donors (Lipinski definition) is 2. The van der Waals surface area contributed by atoms with Crippen LogP contribution in [-0.4, -0.2) is 16.3 Å². The summed E-state index contributed by atoms with van der Waals surface area (Å²) in [6, 6.07) is 14.2. The average molecular weight is 242 g/mol. The Morgan fingerprint density at radius 1 is 0.889 bits per heavy atom. The van der Waals surface area contributed by atoms with Gasteiger partial charge in [-0.15, -0.1) is 0 Å². The fourth-order valence-corrected chi connectivity index (χ4v) is 2.53. The van der Waals surface area contributed by atoms with Gasteiger partial charge in [-0.25, -0.2) is 0 Å². The molecule has 0 aromatic heterocycles. The van der Waals surface area contributed by atoms with Crippen LogP contribution < -0.4 is 0 Å². The highest BCUT2D eigenvalue weighted by Crippen LogP contribution is 2.55. The summed E-state index contributed by atoms with van der Waals surface area (Å²) in [6.45, 7) is 1.93. The summed E-state index contributed by atoms with van der Waals surface area (Å²) in [5.74, 6) is 0.371. The molecule has 1 saturated heterocycles. The van der Waals surface area contributed by atoms with Gasteiger partial charge in [0.05, 0.1) is 6.10 Å². The lowest BCUT2D eigenvalue weighted by Crippen LogP contribution is -2.14. The summed E-state index contributed by atoms with van der Waals surface area (Å²) >= 11 is 0. The molecule has 0 radical (unpaired) electrons. The minimum Gasteiger partial charge on any atom is -0.508 e. The lowest BCUT2D eigenvalue weighted by Gasteiger charge is -2.16. The largest absolute Gasteiger partial charge is 0.508 e. The molecule has 0 amide bonds. The second-order valence-electron chi connectivity index (χ2n) is 4.53. The van der Waals surface area contributed by atoms with E-state index in [0.29, 0.717) is 11.1 Å². The zero-order valence-corrected chi connectivity index (χ0v) is 10.00. The van der Waals surface area contributed by atoms with Crippen molar-refractivity contribution in [2.45, 2.75) is 18.6 Å². The number of phenols is 2. The first-order valence-electron chi connectivity index (χ1n) is 5.91. The highest BCUT2D eigenvalue weighted by Gasteiger charge is 2.58. The molecule has 3 rings (SSSR count). The minimum atomic E-state index is -0.726. The number of epoxide rings is 1. The third-order valence-corrected chi connectivity index (χ3v) is 3.49. The number of ether oxygens (including phenoxy) is 1. The fraction of sp³-hybridized carbons (Fsp3) is 0.200. The summed E-state index contributed by atoms with van der Waals surface area (Å²) in [4.78, 5) is 0. The Labute approximate surface area is 105 Å². The number of benzene rings is 2. The maximum atomic E-state index is 9.99. The van der Waals surface area contributed by atoms with Crippen LogP contribution in [0.3, 0.4) is 0 Å². The van der Waals surface area contributed by atoms with Gasteiger partial charge in [-0.3, -0.25) is 0 Å². The molecule has 1 fully saturated rings. The number of phenolic OH excluding ortho intramolecular Hbond substituents is 2. The highest BCUT2D eigenvalue weighted by molar-refractivity contribution is 5.53. The average Bonchev–Trinajstić information content (AvgIpc) is 3.03. The minimum absolute atomic E-state index is 0.0703. The van der Waals surface area contributed by atoms with Gasteiger partial charge in [0.15, 0.2) is 5.60 Å². The van der Waals surface area contributed by atoms with E-state index in [1.807, 2.05) is 31.2 Å². The van der Waals surface area contributed by atoms with E-state index in [4.69, 9.17) is 4.74 Å². The molecule has 0 saturated carbocycles. The maximum absolute atomic E-state index is 9.99. The Balaban J connectivity index is 2.19. The number of rotatable bonds is 2. The quantitative estimate of drug-likeness (QED) is 0.796. The van der Waals surface area contributed by atoms with Crippen molar-refractivity contribution in [2.24, 2.45) is 0 Å². The van der Waals surface area contributed by atoms with Crippen molar-refractivity contribution < 1.29 is 14.9 Å². The van der Waals surface area contributed by atoms with E-state index in [-0.39, 0.29) is 17.6 Å². The molecule has 1 heterocycles. The van der Waals surface area contributed by atoms with Gasteiger partial charge >= 0.3 is 0 Å². The normalized spacial score (nSPS) is 20.6. The Kier molecular flexibility index (Phi) is 2.31. The van der Waals surface area contributed by atoms with Crippen LogP contribution in [0.5, 0.6) is 11.5 Å². The Morgan fingerprint density at radius 3 is 1.61 bits per heavy atom. The summed E-state index contributed by atoms with van der Waals surface area (Å²) in [5.41, 5.74) is 0.662. The SMILES string of the molecule is CC1OC1(c1ccccc1O)c1ccccc1O. The second kappa shape index (κ2) is 3.75. The number of hydrogen-bond acceptors (Lipinski definition) is 3. The van der Waals surface area contributed by atoms with Crippen LogP contribution in [0.2, 0.25) is 0 Å². The summed E-state index contributed by atoms with van der Waals surface area (Å²) in [6.07, 6.45) is -0.0703. The first-order valence-corrected chi connectivity index (χ1v) is 5.91. The van der Waals surface area contributed by atoms with E-state index in [2.05, 4.69) is 0 Å². The van der Waals surface area contributed by atoms with Crippen molar-refractivity contribution in [2.75, 3.05) is 0 Å². The number of aromatic hydroxyl groups is 2. The van der Waals surface area contributed by atoms with E-state index in [0.717, 1.165) is 0 Å². The molecular weight excluding hydrogens is 228 g/mol. The van der Waals surface area contributed by atoms with Crippen LogP contribution >= 0.6 is 0 Å². The van der Waals surface area contributed by atoms with Crippen LogP contribution in [0.1, 0.15) is 18.1 Å². The topological polar surface area (TPSA) is 53.0 Å². The molecule has 0 bridgehead atoms. The first kappa shape index (κ1) is 11.1. The first-order chi connectivity index (χ1) is 8.66. The molecule has 2 aromatic rings.